The highest BCUT2D eigenvalue weighted by Crippen LogP contribution is 2.46. The van der Waals surface area contributed by atoms with Crippen molar-refractivity contribution in [3.63, 3.8) is 0 Å². The first-order chi connectivity index (χ1) is 9.61. The highest BCUT2D eigenvalue weighted by Gasteiger charge is 2.53. The van der Waals surface area contributed by atoms with E-state index in [-0.39, 0.29) is 47.0 Å². The van der Waals surface area contributed by atoms with Gasteiger partial charge in [0.15, 0.2) is 5.96 Å². The number of ether oxygens (including phenoxy) is 1. The average molecular weight is 425 g/mol. The minimum absolute atomic E-state index is 0. The van der Waals surface area contributed by atoms with Gasteiger partial charge in [-0.15, -0.1) is 24.0 Å². The van der Waals surface area contributed by atoms with Crippen LogP contribution in [0, 0.1) is 5.41 Å². The zero-order valence-electron chi connectivity index (χ0n) is 15.0. The minimum Gasteiger partial charge on any atom is -0.463 e. The van der Waals surface area contributed by atoms with E-state index in [1.54, 1.807) is 0 Å². The topological polar surface area (TPSA) is 53.9 Å². The van der Waals surface area contributed by atoms with Crippen molar-refractivity contribution in [3.05, 3.63) is 0 Å². The monoisotopic (exact) mass is 425 g/mol. The lowest BCUT2D eigenvalue weighted by Gasteiger charge is -2.62. The Morgan fingerprint density at radius 3 is 2.32 bits per heavy atom. The first kappa shape index (κ1) is 21.5. The number of likely N-dealkylation sites (tertiary alicyclic amines) is 1. The van der Waals surface area contributed by atoms with Gasteiger partial charge in [0.2, 0.25) is 0 Å². The quantitative estimate of drug-likeness (QED) is 0.319. The molecule has 0 spiro atoms. The molecule has 0 radical (unpaired) electrons. The molecule has 22 heavy (non-hydrogen) atoms. The molecule has 0 atom stereocenters. The third kappa shape index (κ3) is 4.99. The number of hydrogen-bond donors (Lipinski definition) is 1. The second-order valence-electron chi connectivity index (χ2n) is 7.05. The number of carbonyl (C=O) groups excluding carboxylic acids is 1. The summed E-state index contributed by atoms with van der Waals surface area (Å²) in [6, 6.07) is 0. The molecule has 1 rings (SSSR count). The fourth-order valence-electron chi connectivity index (χ4n) is 2.37. The fourth-order valence-corrected chi connectivity index (χ4v) is 2.37. The van der Waals surface area contributed by atoms with Crippen molar-refractivity contribution in [2.24, 2.45) is 10.4 Å². The summed E-state index contributed by atoms with van der Waals surface area (Å²) in [5.41, 5.74) is 0.326. The van der Waals surface area contributed by atoms with Crippen molar-refractivity contribution < 1.29 is 9.53 Å². The van der Waals surface area contributed by atoms with E-state index in [1.807, 2.05) is 13.8 Å². The maximum Gasteiger partial charge on any atom is 0.307 e. The third-order valence-electron chi connectivity index (χ3n) is 4.42. The Kier molecular flexibility index (Phi) is 8.16. The maximum atomic E-state index is 11.6. The Hall–Kier alpha value is -0.530. The van der Waals surface area contributed by atoms with E-state index in [9.17, 15) is 4.79 Å². The number of hydrogen-bond acceptors (Lipinski definition) is 3. The van der Waals surface area contributed by atoms with Crippen LogP contribution in [-0.2, 0) is 9.53 Å². The van der Waals surface area contributed by atoms with E-state index in [0.29, 0.717) is 13.0 Å². The van der Waals surface area contributed by atoms with Crippen molar-refractivity contribution in [2.75, 3.05) is 19.6 Å². The van der Waals surface area contributed by atoms with E-state index in [0.717, 1.165) is 19.0 Å². The maximum absolute atomic E-state index is 11.6. The van der Waals surface area contributed by atoms with Crippen LogP contribution < -0.4 is 5.32 Å². The first-order valence-corrected chi connectivity index (χ1v) is 7.87. The molecular weight excluding hydrogens is 393 g/mol. The molecule has 0 unspecified atom stereocenters. The van der Waals surface area contributed by atoms with Gasteiger partial charge in [-0.3, -0.25) is 9.79 Å². The van der Waals surface area contributed by atoms with Crippen LogP contribution in [0.15, 0.2) is 4.99 Å². The van der Waals surface area contributed by atoms with E-state index in [2.05, 4.69) is 49.8 Å². The SMILES string of the molecule is CCNC(=NCCC(=O)OC(C)C)N1CC(C)(C)C1(C)C.I. The van der Waals surface area contributed by atoms with Crippen LogP contribution >= 0.6 is 24.0 Å². The van der Waals surface area contributed by atoms with Gasteiger partial charge in [-0.2, -0.15) is 0 Å². The summed E-state index contributed by atoms with van der Waals surface area (Å²) in [5, 5.41) is 3.32. The lowest BCUT2D eigenvalue weighted by atomic mass is 9.65. The van der Waals surface area contributed by atoms with Crippen LogP contribution in [0.4, 0.5) is 0 Å². The number of guanidine groups is 1. The summed E-state index contributed by atoms with van der Waals surface area (Å²) in [6.45, 7) is 17.0. The second kappa shape index (κ2) is 8.36. The highest BCUT2D eigenvalue weighted by molar-refractivity contribution is 14.0. The van der Waals surface area contributed by atoms with Crippen LogP contribution in [0.1, 0.15) is 54.9 Å². The Morgan fingerprint density at radius 2 is 1.91 bits per heavy atom. The van der Waals surface area contributed by atoms with Gasteiger partial charge in [0, 0.05) is 24.0 Å². The summed E-state index contributed by atoms with van der Waals surface area (Å²) in [5.74, 6) is 0.701. The molecule has 130 valence electrons. The van der Waals surface area contributed by atoms with Crippen LogP contribution in [0.25, 0.3) is 0 Å². The van der Waals surface area contributed by atoms with Crippen molar-refractivity contribution in [3.8, 4) is 0 Å². The minimum atomic E-state index is -0.187. The number of aliphatic imine (C=N–C) groups is 1. The van der Waals surface area contributed by atoms with Crippen LogP contribution in [-0.4, -0.2) is 48.1 Å². The molecule has 0 amide bonds. The molecule has 0 aromatic carbocycles. The van der Waals surface area contributed by atoms with Gasteiger partial charge in [0.05, 0.1) is 19.1 Å². The molecule has 1 aliphatic rings. The Labute approximate surface area is 152 Å². The summed E-state index contributed by atoms with van der Waals surface area (Å²) in [7, 11) is 0. The molecule has 6 heteroatoms. The molecule has 1 N–H and O–H groups in total. The van der Waals surface area contributed by atoms with Crippen LogP contribution in [0.2, 0.25) is 0 Å². The summed E-state index contributed by atoms with van der Waals surface area (Å²) in [6.07, 6.45) is 0.259. The predicted octanol–water partition coefficient (Wildman–Crippen LogP) is 3.03. The van der Waals surface area contributed by atoms with Gasteiger partial charge in [-0.05, 0) is 34.6 Å². The Morgan fingerprint density at radius 1 is 1.32 bits per heavy atom. The van der Waals surface area contributed by atoms with Gasteiger partial charge in [0.1, 0.15) is 0 Å². The number of carbonyl (C=O) groups is 1. The van der Waals surface area contributed by atoms with Crippen LogP contribution in [0.3, 0.4) is 0 Å². The number of esters is 1. The average Bonchev–Trinajstić information content (AvgIpc) is 2.34. The molecular formula is C16H32IN3O2. The standard InChI is InChI=1S/C16H31N3O2.HI/c1-8-17-14(18-10-9-13(20)21-12(2)3)19-11-15(4,5)16(19,6)7;/h12H,8-11H2,1-7H3,(H,17,18);1H. The van der Waals surface area contributed by atoms with Gasteiger partial charge in [0.25, 0.3) is 0 Å². The largest absolute Gasteiger partial charge is 0.463 e. The number of halogens is 1. The Bertz CT molecular complexity index is 406. The van der Waals surface area contributed by atoms with Crippen molar-refractivity contribution in [1.29, 1.82) is 0 Å². The molecule has 1 aliphatic heterocycles. The number of rotatable bonds is 5. The molecule has 1 heterocycles. The highest BCUT2D eigenvalue weighted by atomic mass is 127. The molecule has 0 aromatic rings. The molecule has 5 nitrogen and oxygen atoms in total. The summed E-state index contributed by atoms with van der Waals surface area (Å²) < 4.78 is 5.12. The van der Waals surface area contributed by atoms with E-state index in [1.165, 1.54) is 0 Å². The molecule has 0 aliphatic carbocycles. The van der Waals surface area contributed by atoms with Gasteiger partial charge >= 0.3 is 5.97 Å². The first-order valence-electron chi connectivity index (χ1n) is 7.87. The third-order valence-corrected chi connectivity index (χ3v) is 4.42. The van der Waals surface area contributed by atoms with Crippen molar-refractivity contribution >= 4 is 35.9 Å². The number of nitrogens with zero attached hydrogens (tertiary/aromatic N) is 2. The zero-order valence-corrected chi connectivity index (χ0v) is 17.4. The zero-order chi connectivity index (χ0) is 16.3. The van der Waals surface area contributed by atoms with Gasteiger partial charge in [-0.1, -0.05) is 13.8 Å². The van der Waals surface area contributed by atoms with Crippen molar-refractivity contribution in [2.45, 2.75) is 66.5 Å². The van der Waals surface area contributed by atoms with Gasteiger partial charge in [-0.25, -0.2) is 0 Å². The lowest BCUT2D eigenvalue weighted by molar-refractivity contribution is -0.147. The molecule has 0 aromatic heterocycles. The number of nitrogens with one attached hydrogen (secondary N) is 1. The van der Waals surface area contributed by atoms with Crippen molar-refractivity contribution in [1.82, 2.24) is 10.2 Å². The normalized spacial score (nSPS) is 19.3. The summed E-state index contributed by atoms with van der Waals surface area (Å²) in [4.78, 5) is 18.4. The molecule has 1 fully saturated rings. The molecule has 0 bridgehead atoms. The second-order valence-corrected chi connectivity index (χ2v) is 7.05. The lowest BCUT2D eigenvalue weighted by Crippen LogP contribution is -2.72. The molecule has 1 saturated heterocycles. The van der Waals surface area contributed by atoms with Crippen LogP contribution in [0.5, 0.6) is 0 Å². The van der Waals surface area contributed by atoms with E-state index in [4.69, 9.17) is 4.74 Å². The Balaban J connectivity index is 0.00000441. The van der Waals surface area contributed by atoms with E-state index >= 15 is 0 Å². The van der Waals surface area contributed by atoms with E-state index < -0.39 is 0 Å². The predicted molar refractivity (Wildman–Crippen MR) is 102 cm³/mol. The fraction of sp³-hybridized carbons (Fsp3) is 0.875. The summed E-state index contributed by atoms with van der Waals surface area (Å²) >= 11 is 0. The molecule has 0 saturated carbocycles. The smallest absolute Gasteiger partial charge is 0.307 e. The van der Waals surface area contributed by atoms with Gasteiger partial charge < -0.3 is 15.0 Å².